The average Bonchev–Trinajstić information content (AvgIpc) is 3.28. The van der Waals surface area contributed by atoms with Crippen molar-refractivity contribution < 1.29 is 14.3 Å². The second kappa shape index (κ2) is 8.45. The van der Waals surface area contributed by atoms with Gasteiger partial charge < -0.3 is 20.5 Å². The number of methoxy groups -OCH3 is 1. The number of unbranched alkanes of at least 4 members (excludes halogenated alkanes) is 2. The number of hydrogen-bond acceptors (Lipinski definition) is 4. The summed E-state index contributed by atoms with van der Waals surface area (Å²) < 4.78 is 11.1. The first-order valence-electron chi connectivity index (χ1n) is 9.29. The Morgan fingerprint density at radius 2 is 2.04 bits per heavy atom. The third kappa shape index (κ3) is 5.55. The number of amides is 1. The maximum absolute atomic E-state index is 12.6. The van der Waals surface area contributed by atoms with Gasteiger partial charge in [0.25, 0.3) is 5.91 Å². The number of benzene rings is 1. The van der Waals surface area contributed by atoms with Crippen molar-refractivity contribution in [2.75, 3.05) is 19.5 Å². The Morgan fingerprint density at radius 1 is 1.32 bits per heavy atom. The van der Waals surface area contributed by atoms with Crippen LogP contribution in [0, 0.1) is 5.41 Å². The van der Waals surface area contributed by atoms with Crippen LogP contribution in [-0.2, 0) is 0 Å². The number of nitrogens with one attached hydrogen (secondary N) is 1. The number of hydrogen-bond donors (Lipinski definition) is 2. The third-order valence-corrected chi connectivity index (χ3v) is 4.87. The highest BCUT2D eigenvalue weighted by Gasteiger charge is 2.38. The van der Waals surface area contributed by atoms with E-state index in [1.54, 1.807) is 19.2 Å². The van der Waals surface area contributed by atoms with E-state index in [9.17, 15) is 4.79 Å². The number of nitrogen functional groups attached to an aromatic ring is 1. The van der Waals surface area contributed by atoms with E-state index in [0.717, 1.165) is 25.7 Å². The fourth-order valence-corrected chi connectivity index (χ4v) is 3.09. The molecule has 0 aromatic heterocycles. The van der Waals surface area contributed by atoms with Gasteiger partial charge in [-0.25, -0.2) is 0 Å². The highest BCUT2D eigenvalue weighted by molar-refractivity contribution is 6.00. The highest BCUT2D eigenvalue weighted by atomic mass is 16.5. The summed E-state index contributed by atoms with van der Waals surface area (Å²) >= 11 is 0. The zero-order valence-electron chi connectivity index (χ0n) is 16.0. The molecule has 1 fully saturated rings. The maximum atomic E-state index is 12.6. The van der Waals surface area contributed by atoms with E-state index in [1.165, 1.54) is 12.8 Å². The fourth-order valence-electron chi connectivity index (χ4n) is 3.09. The lowest BCUT2D eigenvalue weighted by atomic mass is 10.00. The predicted octanol–water partition coefficient (Wildman–Crippen LogP) is 4.15. The van der Waals surface area contributed by atoms with Gasteiger partial charge in [-0.05, 0) is 44.1 Å². The molecule has 0 saturated heterocycles. The van der Waals surface area contributed by atoms with Crippen LogP contribution in [0.2, 0.25) is 0 Å². The van der Waals surface area contributed by atoms with Crippen molar-refractivity contribution in [1.29, 1.82) is 0 Å². The Kier molecular flexibility index (Phi) is 6.57. The second-order valence-corrected chi connectivity index (χ2v) is 7.54. The van der Waals surface area contributed by atoms with E-state index in [4.69, 9.17) is 15.2 Å². The highest BCUT2D eigenvalue weighted by Crippen LogP contribution is 2.48. The molecule has 3 N–H and O–H groups in total. The topological polar surface area (TPSA) is 73.6 Å². The van der Waals surface area contributed by atoms with Crippen molar-refractivity contribution in [3.8, 4) is 11.5 Å². The number of rotatable bonds is 10. The standard InChI is InChI=1S/C20H32N2O3/c1-5-6-7-10-25-18-12-16(21)15(11-17(18)24-4)19(23)22-14(2)13-20(3)8-9-20/h11-12,14H,5-10,13,21H2,1-4H3,(H,22,23). The lowest BCUT2D eigenvalue weighted by Crippen LogP contribution is -2.34. The Bertz CT molecular complexity index is 597. The molecule has 1 aromatic carbocycles. The number of carbonyl (C=O) groups excluding carboxylic acids is 1. The summed E-state index contributed by atoms with van der Waals surface area (Å²) in [6.45, 7) is 7.07. The summed E-state index contributed by atoms with van der Waals surface area (Å²) in [6.07, 6.45) is 6.72. The van der Waals surface area contributed by atoms with E-state index < -0.39 is 0 Å². The summed E-state index contributed by atoms with van der Waals surface area (Å²) in [4.78, 5) is 12.6. The first kappa shape index (κ1) is 19.4. The lowest BCUT2D eigenvalue weighted by molar-refractivity contribution is 0.0935. The van der Waals surface area contributed by atoms with Gasteiger partial charge in [0.1, 0.15) is 0 Å². The van der Waals surface area contributed by atoms with Crippen LogP contribution in [0.25, 0.3) is 0 Å². The zero-order chi connectivity index (χ0) is 18.4. The molecule has 5 heteroatoms. The number of anilines is 1. The minimum absolute atomic E-state index is 0.121. The van der Waals surface area contributed by atoms with E-state index in [0.29, 0.717) is 34.8 Å². The largest absolute Gasteiger partial charge is 0.493 e. The molecular formula is C20H32N2O3. The molecule has 1 amide bonds. The molecule has 25 heavy (non-hydrogen) atoms. The molecule has 1 unspecified atom stereocenters. The summed E-state index contributed by atoms with van der Waals surface area (Å²) in [6, 6.07) is 3.48. The summed E-state index contributed by atoms with van der Waals surface area (Å²) in [5.41, 5.74) is 7.34. The van der Waals surface area contributed by atoms with Crippen LogP contribution >= 0.6 is 0 Å². The van der Waals surface area contributed by atoms with E-state index >= 15 is 0 Å². The summed E-state index contributed by atoms with van der Waals surface area (Å²) in [5, 5.41) is 3.05. The smallest absolute Gasteiger partial charge is 0.253 e. The Hall–Kier alpha value is -1.91. The van der Waals surface area contributed by atoms with Crippen LogP contribution in [0.15, 0.2) is 12.1 Å². The lowest BCUT2D eigenvalue weighted by Gasteiger charge is -2.19. The molecule has 0 heterocycles. The molecular weight excluding hydrogens is 316 g/mol. The number of ether oxygens (including phenoxy) is 2. The summed E-state index contributed by atoms with van der Waals surface area (Å²) in [7, 11) is 1.57. The molecule has 140 valence electrons. The van der Waals surface area contributed by atoms with Crippen LogP contribution in [0.1, 0.15) is 69.7 Å². The van der Waals surface area contributed by atoms with Crippen LogP contribution in [0.4, 0.5) is 5.69 Å². The first-order valence-corrected chi connectivity index (χ1v) is 9.29. The average molecular weight is 348 g/mol. The molecule has 0 aliphatic heterocycles. The Balaban J connectivity index is 2.02. The predicted molar refractivity (Wildman–Crippen MR) is 101 cm³/mol. The molecule has 0 spiro atoms. The van der Waals surface area contributed by atoms with Gasteiger partial charge in [-0.1, -0.05) is 26.7 Å². The van der Waals surface area contributed by atoms with Gasteiger partial charge in [0.15, 0.2) is 11.5 Å². The summed E-state index contributed by atoms with van der Waals surface area (Å²) in [5.74, 6) is 0.967. The minimum atomic E-state index is -0.162. The molecule has 1 saturated carbocycles. The van der Waals surface area contributed by atoms with Crippen molar-refractivity contribution in [1.82, 2.24) is 5.32 Å². The van der Waals surface area contributed by atoms with E-state index in [2.05, 4.69) is 19.2 Å². The zero-order valence-corrected chi connectivity index (χ0v) is 16.0. The van der Waals surface area contributed by atoms with Crippen molar-refractivity contribution in [3.05, 3.63) is 17.7 Å². The number of nitrogens with two attached hydrogens (primary N) is 1. The Labute approximate surface area is 151 Å². The van der Waals surface area contributed by atoms with Gasteiger partial charge in [0.2, 0.25) is 0 Å². The van der Waals surface area contributed by atoms with Gasteiger partial charge in [0, 0.05) is 17.8 Å². The minimum Gasteiger partial charge on any atom is -0.493 e. The molecule has 1 atom stereocenters. The molecule has 2 rings (SSSR count). The molecule has 0 radical (unpaired) electrons. The quantitative estimate of drug-likeness (QED) is 0.492. The fraction of sp³-hybridized carbons (Fsp3) is 0.650. The van der Waals surface area contributed by atoms with Gasteiger partial charge in [-0.3, -0.25) is 4.79 Å². The van der Waals surface area contributed by atoms with Crippen LogP contribution in [-0.4, -0.2) is 25.7 Å². The Morgan fingerprint density at radius 3 is 2.64 bits per heavy atom. The van der Waals surface area contributed by atoms with Gasteiger partial charge in [0.05, 0.1) is 19.3 Å². The van der Waals surface area contributed by atoms with Gasteiger partial charge in [-0.2, -0.15) is 0 Å². The normalized spacial score (nSPS) is 16.2. The van der Waals surface area contributed by atoms with Crippen molar-refractivity contribution in [2.45, 2.75) is 65.3 Å². The van der Waals surface area contributed by atoms with Gasteiger partial charge >= 0.3 is 0 Å². The third-order valence-electron chi connectivity index (χ3n) is 4.87. The maximum Gasteiger partial charge on any atom is 0.253 e. The van der Waals surface area contributed by atoms with Gasteiger partial charge in [-0.15, -0.1) is 0 Å². The van der Waals surface area contributed by atoms with E-state index in [1.807, 2.05) is 6.92 Å². The van der Waals surface area contributed by atoms with Crippen LogP contribution in [0.3, 0.4) is 0 Å². The first-order chi connectivity index (χ1) is 11.9. The second-order valence-electron chi connectivity index (χ2n) is 7.54. The molecule has 0 bridgehead atoms. The van der Waals surface area contributed by atoms with E-state index in [-0.39, 0.29) is 11.9 Å². The molecule has 1 aliphatic carbocycles. The molecule has 1 aromatic rings. The van der Waals surface area contributed by atoms with Crippen LogP contribution < -0.4 is 20.5 Å². The number of carbonyl (C=O) groups is 1. The molecule has 1 aliphatic rings. The van der Waals surface area contributed by atoms with Crippen molar-refractivity contribution in [2.24, 2.45) is 5.41 Å². The van der Waals surface area contributed by atoms with Crippen molar-refractivity contribution >= 4 is 11.6 Å². The monoisotopic (exact) mass is 348 g/mol. The SMILES string of the molecule is CCCCCOc1cc(N)c(C(=O)NC(C)CC2(C)CC2)cc1OC. The van der Waals surface area contributed by atoms with Crippen molar-refractivity contribution in [3.63, 3.8) is 0 Å². The van der Waals surface area contributed by atoms with Crippen LogP contribution in [0.5, 0.6) is 11.5 Å². The molecule has 5 nitrogen and oxygen atoms in total.